The molecule has 0 aromatic heterocycles. The predicted octanol–water partition coefficient (Wildman–Crippen LogP) is 5.22. The Morgan fingerprint density at radius 2 is 1.80 bits per heavy atom. The molecule has 3 atom stereocenters. The maximum Gasteiger partial charge on any atom is 0.408 e. The van der Waals surface area contributed by atoms with Crippen LogP contribution in [0.25, 0.3) is 6.08 Å². The quantitative estimate of drug-likeness (QED) is 0.502. The van der Waals surface area contributed by atoms with Gasteiger partial charge in [0.05, 0.1) is 0 Å². The first-order valence-corrected chi connectivity index (χ1v) is 12.5. The lowest BCUT2D eigenvalue weighted by Crippen LogP contribution is -2.57. The highest BCUT2D eigenvalue weighted by Crippen LogP contribution is 2.37. The summed E-state index contributed by atoms with van der Waals surface area (Å²) in [6.45, 7) is 18.8. The Balaban J connectivity index is 2.52. The van der Waals surface area contributed by atoms with Crippen molar-refractivity contribution in [1.29, 1.82) is 0 Å². The fourth-order valence-electron chi connectivity index (χ4n) is 3.88. The van der Waals surface area contributed by atoms with E-state index in [0.717, 1.165) is 18.4 Å². The van der Waals surface area contributed by atoms with Crippen LogP contribution in [0.1, 0.15) is 91.8 Å². The zero-order valence-electron chi connectivity index (χ0n) is 22.6. The van der Waals surface area contributed by atoms with E-state index in [-0.39, 0.29) is 23.8 Å². The summed E-state index contributed by atoms with van der Waals surface area (Å²) in [6, 6.07) is 5.81. The number of amides is 3. The van der Waals surface area contributed by atoms with Crippen molar-refractivity contribution in [2.75, 3.05) is 0 Å². The number of nitrogens with one attached hydrogen (secondary N) is 2. The first kappa shape index (κ1) is 28.4. The second kappa shape index (κ2) is 11.3. The molecule has 1 aliphatic rings. The van der Waals surface area contributed by atoms with Gasteiger partial charge in [-0.2, -0.15) is 0 Å². The minimum Gasteiger partial charge on any atom is -0.444 e. The van der Waals surface area contributed by atoms with Crippen LogP contribution in [-0.4, -0.2) is 46.0 Å². The van der Waals surface area contributed by atoms with Crippen molar-refractivity contribution in [1.82, 2.24) is 15.5 Å². The number of hydrogen-bond donors (Lipinski definition) is 2. The second-order valence-electron chi connectivity index (χ2n) is 11.5. The Labute approximate surface area is 210 Å². The van der Waals surface area contributed by atoms with Crippen molar-refractivity contribution in [3.8, 4) is 0 Å². The second-order valence-corrected chi connectivity index (χ2v) is 11.5. The minimum absolute atomic E-state index is 0.0717. The molecule has 35 heavy (non-hydrogen) atoms. The molecule has 2 N–H and O–H groups in total. The van der Waals surface area contributed by atoms with E-state index in [4.69, 9.17) is 4.74 Å². The number of carbonyl (C=O) groups excluding carboxylic acids is 3. The average molecular weight is 486 g/mol. The molecule has 0 aliphatic heterocycles. The van der Waals surface area contributed by atoms with Gasteiger partial charge in [-0.05, 0) is 77.5 Å². The van der Waals surface area contributed by atoms with Gasteiger partial charge in [-0.25, -0.2) is 4.79 Å². The van der Waals surface area contributed by atoms with Gasteiger partial charge >= 0.3 is 6.09 Å². The first-order chi connectivity index (χ1) is 16.2. The summed E-state index contributed by atoms with van der Waals surface area (Å²) in [5, 5.41) is 5.86. The van der Waals surface area contributed by atoms with E-state index < -0.39 is 29.3 Å². The van der Waals surface area contributed by atoms with Crippen LogP contribution < -0.4 is 10.6 Å². The molecule has 194 valence electrons. The zero-order valence-corrected chi connectivity index (χ0v) is 22.6. The van der Waals surface area contributed by atoms with E-state index in [0.29, 0.717) is 12.0 Å². The standard InChI is InChI=1S/C28H43N3O4/c1-10-18(3)22(29-26(34)35-28(7,8)9)25(33)31(21-15-16-21)23(24(32)30-27(4,5)6)20-14-12-13-19(11-2)17-20/h11-14,17-18,21-23H,2,10,15-16H2,1,3-9H3,(H,29,34)(H,30,32). The molecule has 7 heteroatoms. The van der Waals surface area contributed by atoms with Crippen molar-refractivity contribution in [2.45, 2.75) is 104 Å². The van der Waals surface area contributed by atoms with Gasteiger partial charge in [0, 0.05) is 11.6 Å². The van der Waals surface area contributed by atoms with Gasteiger partial charge in [0.25, 0.3) is 0 Å². The highest BCUT2D eigenvalue weighted by molar-refractivity contribution is 5.93. The summed E-state index contributed by atoms with van der Waals surface area (Å²) in [5.41, 5.74) is 0.409. The maximum atomic E-state index is 14.1. The largest absolute Gasteiger partial charge is 0.444 e. The average Bonchev–Trinajstić information content (AvgIpc) is 3.57. The fraction of sp³-hybridized carbons (Fsp3) is 0.607. The van der Waals surface area contributed by atoms with E-state index in [1.54, 1.807) is 31.7 Å². The molecule has 0 heterocycles. The summed E-state index contributed by atoms with van der Waals surface area (Å²) in [5.74, 6) is -0.674. The van der Waals surface area contributed by atoms with Gasteiger partial charge in [-0.3, -0.25) is 9.59 Å². The first-order valence-electron chi connectivity index (χ1n) is 12.5. The Hall–Kier alpha value is -2.83. The molecule has 1 aromatic carbocycles. The molecule has 0 bridgehead atoms. The van der Waals surface area contributed by atoms with Gasteiger partial charge in [0.2, 0.25) is 11.8 Å². The molecule has 1 saturated carbocycles. The van der Waals surface area contributed by atoms with Gasteiger partial charge in [0.1, 0.15) is 17.7 Å². The Morgan fingerprint density at radius 3 is 2.29 bits per heavy atom. The highest BCUT2D eigenvalue weighted by Gasteiger charge is 2.45. The van der Waals surface area contributed by atoms with E-state index in [1.165, 1.54) is 0 Å². The lowest BCUT2D eigenvalue weighted by atomic mass is 9.94. The molecule has 0 radical (unpaired) electrons. The Bertz CT molecular complexity index is 925. The maximum absolute atomic E-state index is 14.1. The van der Waals surface area contributed by atoms with Crippen molar-refractivity contribution in [2.24, 2.45) is 5.92 Å². The van der Waals surface area contributed by atoms with Gasteiger partial charge < -0.3 is 20.3 Å². The van der Waals surface area contributed by atoms with E-state index in [1.807, 2.05) is 58.9 Å². The number of benzene rings is 1. The molecule has 1 aromatic rings. The van der Waals surface area contributed by atoms with E-state index >= 15 is 0 Å². The van der Waals surface area contributed by atoms with Crippen LogP contribution in [0.2, 0.25) is 0 Å². The summed E-state index contributed by atoms with van der Waals surface area (Å²) in [7, 11) is 0. The third-order valence-electron chi connectivity index (χ3n) is 5.83. The fourth-order valence-corrected chi connectivity index (χ4v) is 3.88. The minimum atomic E-state index is -0.832. The molecule has 3 unspecified atom stereocenters. The molecule has 1 aliphatic carbocycles. The molecule has 1 fully saturated rings. The van der Waals surface area contributed by atoms with Crippen LogP contribution in [-0.2, 0) is 14.3 Å². The summed E-state index contributed by atoms with van der Waals surface area (Å²) < 4.78 is 5.45. The van der Waals surface area contributed by atoms with E-state index in [2.05, 4.69) is 17.2 Å². The van der Waals surface area contributed by atoms with Crippen LogP contribution in [0.3, 0.4) is 0 Å². The molecular weight excluding hydrogens is 442 g/mol. The number of nitrogens with zero attached hydrogens (tertiary/aromatic N) is 1. The van der Waals surface area contributed by atoms with Crippen molar-refractivity contribution in [3.05, 3.63) is 42.0 Å². The topological polar surface area (TPSA) is 87.7 Å². The smallest absolute Gasteiger partial charge is 0.408 e. The molecule has 7 nitrogen and oxygen atoms in total. The summed E-state index contributed by atoms with van der Waals surface area (Å²) in [6.07, 6.45) is 3.38. The summed E-state index contributed by atoms with van der Waals surface area (Å²) >= 11 is 0. The van der Waals surface area contributed by atoms with E-state index in [9.17, 15) is 14.4 Å². The number of hydrogen-bond acceptors (Lipinski definition) is 4. The molecule has 2 rings (SSSR count). The third kappa shape index (κ3) is 8.41. The van der Waals surface area contributed by atoms with Crippen molar-refractivity contribution in [3.63, 3.8) is 0 Å². The monoisotopic (exact) mass is 485 g/mol. The molecule has 3 amide bonds. The van der Waals surface area contributed by atoms with Gasteiger partial charge in [0.15, 0.2) is 0 Å². The van der Waals surface area contributed by atoms with Crippen LogP contribution >= 0.6 is 0 Å². The summed E-state index contributed by atoms with van der Waals surface area (Å²) in [4.78, 5) is 42.1. The Morgan fingerprint density at radius 1 is 1.17 bits per heavy atom. The van der Waals surface area contributed by atoms with Gasteiger partial charge in [-0.15, -0.1) is 0 Å². The number of alkyl carbamates (subject to hydrolysis) is 1. The zero-order chi connectivity index (χ0) is 26.6. The lowest BCUT2D eigenvalue weighted by Gasteiger charge is -2.37. The molecular formula is C28H43N3O4. The van der Waals surface area contributed by atoms with Crippen LogP contribution in [0.15, 0.2) is 30.8 Å². The van der Waals surface area contributed by atoms with Crippen LogP contribution in [0.4, 0.5) is 4.79 Å². The van der Waals surface area contributed by atoms with Crippen LogP contribution in [0, 0.1) is 5.92 Å². The molecule has 0 saturated heterocycles. The molecule has 0 spiro atoms. The third-order valence-corrected chi connectivity index (χ3v) is 5.83. The predicted molar refractivity (Wildman–Crippen MR) is 140 cm³/mol. The van der Waals surface area contributed by atoms with Crippen LogP contribution in [0.5, 0.6) is 0 Å². The number of rotatable bonds is 9. The van der Waals surface area contributed by atoms with Crippen molar-refractivity contribution < 1.29 is 19.1 Å². The number of carbonyl (C=O) groups is 3. The lowest BCUT2D eigenvalue weighted by molar-refractivity contribution is -0.144. The Kier molecular flexibility index (Phi) is 9.15. The van der Waals surface area contributed by atoms with Gasteiger partial charge in [-0.1, -0.05) is 51.1 Å². The highest BCUT2D eigenvalue weighted by atomic mass is 16.6. The number of ether oxygens (including phenoxy) is 1. The SMILES string of the molecule is C=Cc1cccc(C(C(=O)NC(C)(C)C)N(C(=O)C(NC(=O)OC(C)(C)C)C(C)CC)C2CC2)c1. The normalized spacial score (nSPS) is 16.5. The van der Waals surface area contributed by atoms with Crippen molar-refractivity contribution >= 4 is 24.0 Å².